The van der Waals surface area contributed by atoms with Gasteiger partial charge >= 0.3 is 0 Å². The molecule has 14 heteroatoms. The highest BCUT2D eigenvalue weighted by molar-refractivity contribution is 5.85. The Morgan fingerprint density at radius 1 is 0.940 bits per heavy atom. The summed E-state index contributed by atoms with van der Waals surface area (Å²) in [6.45, 7) is 6.62. The molecule has 2 aromatic heterocycles. The second-order valence-electron chi connectivity index (χ2n) is 13.5. The van der Waals surface area contributed by atoms with E-state index >= 15 is 0 Å². The molecule has 1 saturated heterocycles. The van der Waals surface area contributed by atoms with Gasteiger partial charge in [0.05, 0.1) is 18.8 Å². The van der Waals surface area contributed by atoms with Gasteiger partial charge in [-0.1, -0.05) is 54.8 Å². The maximum atomic E-state index is 12.9. The minimum atomic E-state index is -0.626. The first-order chi connectivity index (χ1) is 24.4. The van der Waals surface area contributed by atoms with E-state index in [0.717, 1.165) is 56.3 Å². The van der Waals surface area contributed by atoms with E-state index in [2.05, 4.69) is 41.1 Å². The molecule has 1 aromatic carbocycles. The summed E-state index contributed by atoms with van der Waals surface area (Å²) in [5.74, 6) is 1.50. The number of nitrogens with one attached hydrogen (secondary N) is 3. The van der Waals surface area contributed by atoms with Gasteiger partial charge in [-0.3, -0.25) is 14.3 Å². The zero-order chi connectivity index (χ0) is 35.0. The molecular weight excluding hydrogens is 632 g/mol. The van der Waals surface area contributed by atoms with Crippen LogP contribution >= 0.6 is 0 Å². The minimum absolute atomic E-state index is 0.00611. The van der Waals surface area contributed by atoms with Crippen LogP contribution in [0.15, 0.2) is 42.6 Å². The van der Waals surface area contributed by atoms with Crippen LogP contribution in [0.4, 0.5) is 17.6 Å². The predicted molar refractivity (Wildman–Crippen MR) is 197 cm³/mol. The molecule has 3 heterocycles. The second kappa shape index (κ2) is 19.9. The van der Waals surface area contributed by atoms with Crippen molar-refractivity contribution in [1.29, 1.82) is 0 Å². The van der Waals surface area contributed by atoms with Gasteiger partial charge in [0, 0.05) is 57.7 Å². The van der Waals surface area contributed by atoms with Crippen molar-refractivity contribution in [2.75, 3.05) is 61.8 Å². The Hall–Kier alpha value is -4.14. The number of nitrogens with zero attached hydrogens (tertiary/aromatic N) is 7. The summed E-state index contributed by atoms with van der Waals surface area (Å²) < 4.78 is 1.87. The molecule has 0 unspecified atom stereocenters. The van der Waals surface area contributed by atoms with Crippen LogP contribution in [0.3, 0.4) is 0 Å². The number of hydrogen-bond acceptors (Lipinski definition) is 12. The van der Waals surface area contributed by atoms with Crippen LogP contribution in [0.25, 0.3) is 0 Å². The van der Waals surface area contributed by atoms with Crippen LogP contribution in [-0.4, -0.2) is 99.4 Å². The van der Waals surface area contributed by atoms with Gasteiger partial charge in [0.15, 0.2) is 0 Å². The topological polar surface area (TPSA) is 185 Å². The number of amides is 1. The molecule has 1 aliphatic heterocycles. The molecule has 1 saturated carbocycles. The Balaban J connectivity index is 0.957. The zero-order valence-corrected chi connectivity index (χ0v) is 29.4. The van der Waals surface area contributed by atoms with Gasteiger partial charge in [-0.05, 0) is 63.7 Å². The van der Waals surface area contributed by atoms with Crippen molar-refractivity contribution in [3.63, 3.8) is 0 Å². The third kappa shape index (κ3) is 12.3. The molecule has 3 aromatic rings. The molecular formula is C36H56N12O2. The lowest BCUT2D eigenvalue weighted by molar-refractivity contribution is -0.131. The minimum Gasteiger partial charge on any atom is -0.383 e. The molecule has 1 atom stereocenters. The van der Waals surface area contributed by atoms with Crippen molar-refractivity contribution < 1.29 is 9.59 Å². The van der Waals surface area contributed by atoms with E-state index in [1.165, 1.54) is 32.1 Å². The fourth-order valence-electron chi connectivity index (χ4n) is 6.59. The van der Waals surface area contributed by atoms with Gasteiger partial charge in [-0.15, -0.1) is 5.10 Å². The fraction of sp³-hybridized carbons (Fsp3) is 0.611. The predicted octanol–water partition coefficient (Wildman–Crippen LogP) is 2.51. The van der Waals surface area contributed by atoms with E-state index in [4.69, 9.17) is 11.5 Å². The highest BCUT2D eigenvalue weighted by atomic mass is 16.2. The monoisotopic (exact) mass is 688 g/mol. The van der Waals surface area contributed by atoms with Crippen molar-refractivity contribution in [3.05, 3.63) is 53.9 Å². The number of nitrogen functional groups attached to an aromatic ring is 1. The number of carbonyl (C=O) groups is 2. The Morgan fingerprint density at radius 2 is 1.72 bits per heavy atom. The van der Waals surface area contributed by atoms with E-state index in [1.54, 1.807) is 6.07 Å². The summed E-state index contributed by atoms with van der Waals surface area (Å²) in [4.78, 5) is 38.4. The van der Waals surface area contributed by atoms with Gasteiger partial charge in [0.1, 0.15) is 23.1 Å². The van der Waals surface area contributed by atoms with Crippen molar-refractivity contribution in [2.45, 2.75) is 95.8 Å². The lowest BCUT2D eigenvalue weighted by Gasteiger charge is -2.35. The number of rotatable bonds is 20. The number of hydrogen-bond donors (Lipinski definition) is 5. The first-order valence-corrected chi connectivity index (χ1v) is 18.5. The number of ketones is 1. The lowest BCUT2D eigenvalue weighted by atomic mass is 9.95. The summed E-state index contributed by atoms with van der Waals surface area (Å²) in [5, 5.41) is 19.0. The molecule has 1 aliphatic carbocycles. The fourth-order valence-corrected chi connectivity index (χ4v) is 6.59. The van der Waals surface area contributed by atoms with E-state index < -0.39 is 6.04 Å². The molecule has 1 amide bonds. The van der Waals surface area contributed by atoms with Gasteiger partial charge in [0.25, 0.3) is 0 Å². The van der Waals surface area contributed by atoms with Crippen LogP contribution < -0.4 is 32.3 Å². The molecule has 0 spiro atoms. The molecule has 50 heavy (non-hydrogen) atoms. The highest BCUT2D eigenvalue weighted by Gasteiger charge is 2.24. The van der Waals surface area contributed by atoms with Crippen LogP contribution in [0.2, 0.25) is 0 Å². The Morgan fingerprint density at radius 3 is 2.52 bits per heavy atom. The molecule has 0 bridgehead atoms. The normalized spacial score (nSPS) is 16.0. The Bertz CT molecular complexity index is 1450. The van der Waals surface area contributed by atoms with Crippen molar-refractivity contribution >= 4 is 29.3 Å². The Kier molecular flexibility index (Phi) is 14.8. The summed E-state index contributed by atoms with van der Waals surface area (Å²) in [5.41, 5.74) is 14.2. The van der Waals surface area contributed by atoms with Crippen molar-refractivity contribution in [2.24, 2.45) is 5.73 Å². The lowest BCUT2D eigenvalue weighted by Crippen LogP contribution is -2.49. The van der Waals surface area contributed by atoms with Crippen molar-refractivity contribution in [1.82, 2.24) is 40.5 Å². The average Bonchev–Trinajstić information content (AvgIpc) is 3.61. The Labute approximate surface area is 296 Å². The number of piperazine rings is 1. The SMILES string of the molecule is Nc1cc(N2CCN(C(=O)CC[C@H](N)C(=O)CCc3ccccc3)CC2)nc(NCc2cn(CCCNCCCNC3CCCCC3)nn2)n1. The molecule has 2 aliphatic rings. The molecule has 2 fully saturated rings. The number of Topliss-reactive ketones (excluding diaryl/α,β-unsaturated/α-hetero) is 1. The van der Waals surface area contributed by atoms with Crippen LogP contribution in [0.1, 0.15) is 75.5 Å². The molecule has 0 radical (unpaired) electrons. The number of anilines is 3. The molecule has 7 N–H and O–H groups in total. The summed E-state index contributed by atoms with van der Waals surface area (Å²) in [6.07, 6.45) is 12.5. The van der Waals surface area contributed by atoms with E-state index in [9.17, 15) is 9.59 Å². The smallest absolute Gasteiger partial charge is 0.226 e. The summed E-state index contributed by atoms with van der Waals surface area (Å²) in [7, 11) is 0. The van der Waals surface area contributed by atoms with Crippen molar-refractivity contribution in [3.8, 4) is 0 Å². The van der Waals surface area contributed by atoms with Gasteiger partial charge in [-0.25, -0.2) is 0 Å². The summed E-state index contributed by atoms with van der Waals surface area (Å²) in [6, 6.07) is 11.7. The maximum Gasteiger partial charge on any atom is 0.226 e. The summed E-state index contributed by atoms with van der Waals surface area (Å²) >= 11 is 0. The first kappa shape index (κ1) is 37.1. The maximum absolute atomic E-state index is 12.9. The molecule has 14 nitrogen and oxygen atoms in total. The zero-order valence-electron chi connectivity index (χ0n) is 29.4. The number of aromatic nitrogens is 5. The number of nitrogens with two attached hydrogens (primary N) is 2. The van der Waals surface area contributed by atoms with Gasteiger partial charge in [-0.2, -0.15) is 9.97 Å². The average molecular weight is 689 g/mol. The third-order valence-corrected chi connectivity index (χ3v) is 9.60. The van der Waals surface area contributed by atoms with Crippen LogP contribution in [0.5, 0.6) is 0 Å². The van der Waals surface area contributed by atoms with Crippen LogP contribution in [0, 0.1) is 0 Å². The molecule has 5 rings (SSSR count). The van der Waals surface area contributed by atoms with E-state index in [1.807, 2.05) is 46.1 Å². The molecule has 272 valence electrons. The number of benzene rings is 1. The number of aryl methyl sites for hydroxylation is 2. The van der Waals surface area contributed by atoms with E-state index in [0.29, 0.717) is 69.6 Å². The van der Waals surface area contributed by atoms with Gasteiger partial charge < -0.3 is 37.2 Å². The quantitative estimate of drug-likeness (QED) is 0.109. The standard InChI is InChI=1S/C36H56N12O2/c37-31(32(49)15-13-28-9-3-1-4-10-28)14-16-35(50)47-23-21-46(22-24-47)34-25-33(38)42-36(43-34)41-26-30-27-48(45-44-30)20-8-18-39-17-7-19-40-29-11-5-2-6-12-29/h1,3-4,9-10,25,27,29,31,39-40H,2,5-8,11-24,26,37H2,(H3,38,41,42,43)/t31-/m0/s1. The number of carbonyl (C=O) groups excluding carboxylic acids is 2. The first-order valence-electron chi connectivity index (χ1n) is 18.5. The van der Waals surface area contributed by atoms with E-state index in [-0.39, 0.29) is 18.1 Å². The second-order valence-corrected chi connectivity index (χ2v) is 13.5. The highest BCUT2D eigenvalue weighted by Crippen LogP contribution is 2.20. The largest absolute Gasteiger partial charge is 0.383 e. The van der Waals surface area contributed by atoms with Crippen LogP contribution in [-0.2, 0) is 29.1 Å². The van der Waals surface area contributed by atoms with Gasteiger partial charge in [0.2, 0.25) is 11.9 Å². The third-order valence-electron chi connectivity index (χ3n) is 9.60.